The van der Waals surface area contributed by atoms with Gasteiger partial charge in [-0.05, 0) is 12.5 Å². The second kappa shape index (κ2) is 6.21. The predicted octanol–water partition coefficient (Wildman–Crippen LogP) is 1.99. The molecule has 0 aliphatic carbocycles. The van der Waals surface area contributed by atoms with Gasteiger partial charge in [0.1, 0.15) is 0 Å². The largest absolute Gasteiger partial charge is 0.469 e. The first-order valence-electron chi connectivity index (χ1n) is 6.24. The summed E-state index contributed by atoms with van der Waals surface area (Å²) in [7, 11) is 1.31. The smallest absolute Gasteiger partial charge is 0.310 e. The fourth-order valence-corrected chi connectivity index (χ4v) is 2.77. The van der Waals surface area contributed by atoms with Gasteiger partial charge in [-0.2, -0.15) is 0 Å². The number of esters is 1. The molecule has 112 valence electrons. The normalized spacial score (nSPS) is 17.6. The van der Waals surface area contributed by atoms with Gasteiger partial charge in [0.15, 0.2) is 0 Å². The monoisotopic (exact) mass is 356 g/mol. The summed E-state index contributed by atoms with van der Waals surface area (Å²) in [5.74, 6) is -1.00. The lowest BCUT2D eigenvalue weighted by molar-refractivity contribution is -0.385. The Bertz CT molecular complexity index is 604. The maximum atomic E-state index is 12.4. The zero-order valence-corrected chi connectivity index (χ0v) is 12.8. The van der Waals surface area contributed by atoms with E-state index in [0.29, 0.717) is 17.4 Å². The second-order valence-corrected chi connectivity index (χ2v) is 5.63. The highest BCUT2D eigenvalue weighted by Crippen LogP contribution is 2.25. The minimum absolute atomic E-state index is 0.156. The Hall–Kier alpha value is -1.96. The van der Waals surface area contributed by atoms with Crippen molar-refractivity contribution in [3.63, 3.8) is 0 Å². The van der Waals surface area contributed by atoms with Gasteiger partial charge in [-0.1, -0.05) is 15.9 Å². The molecule has 21 heavy (non-hydrogen) atoms. The molecule has 0 aromatic heterocycles. The van der Waals surface area contributed by atoms with Crippen molar-refractivity contribution in [2.75, 3.05) is 20.2 Å². The summed E-state index contributed by atoms with van der Waals surface area (Å²) in [5, 5.41) is 10.8. The molecule has 0 bridgehead atoms. The number of hydrogen-bond donors (Lipinski definition) is 0. The fourth-order valence-electron chi connectivity index (χ4n) is 2.29. The highest BCUT2D eigenvalue weighted by atomic mass is 79.9. The van der Waals surface area contributed by atoms with Gasteiger partial charge >= 0.3 is 5.97 Å². The summed E-state index contributed by atoms with van der Waals surface area (Å²) < 4.78 is 5.13. The summed E-state index contributed by atoms with van der Waals surface area (Å²) in [5.41, 5.74) is 0.0676. The Labute approximate surface area is 129 Å². The highest BCUT2D eigenvalue weighted by molar-refractivity contribution is 9.10. The first kappa shape index (κ1) is 15.4. The van der Waals surface area contributed by atoms with E-state index in [4.69, 9.17) is 0 Å². The number of nitro benzene ring substituents is 1. The van der Waals surface area contributed by atoms with Gasteiger partial charge in [0.05, 0.1) is 18.0 Å². The topological polar surface area (TPSA) is 89.8 Å². The molecular weight excluding hydrogens is 344 g/mol. The van der Waals surface area contributed by atoms with Crippen LogP contribution in [-0.2, 0) is 9.53 Å². The van der Waals surface area contributed by atoms with E-state index in [0.717, 1.165) is 0 Å². The summed E-state index contributed by atoms with van der Waals surface area (Å²) >= 11 is 3.16. The lowest BCUT2D eigenvalue weighted by Crippen LogP contribution is -2.30. The first-order chi connectivity index (χ1) is 9.92. The van der Waals surface area contributed by atoms with Crippen LogP contribution in [0.1, 0.15) is 16.8 Å². The third-order valence-corrected chi connectivity index (χ3v) is 3.81. The fraction of sp³-hybridized carbons (Fsp3) is 0.385. The average Bonchev–Trinajstić information content (AvgIpc) is 2.94. The molecule has 0 saturated carbocycles. The quantitative estimate of drug-likeness (QED) is 0.469. The number of nitrogens with zero attached hydrogens (tertiary/aromatic N) is 2. The molecule has 0 spiro atoms. The molecule has 1 atom stereocenters. The summed E-state index contributed by atoms with van der Waals surface area (Å²) in [4.78, 5) is 35.6. The summed E-state index contributed by atoms with van der Waals surface area (Å²) in [6.07, 6.45) is 0.536. The Balaban J connectivity index is 2.18. The Morgan fingerprint density at radius 1 is 1.43 bits per heavy atom. The molecule has 1 fully saturated rings. The van der Waals surface area contributed by atoms with Crippen molar-refractivity contribution >= 4 is 33.5 Å². The molecule has 1 aromatic rings. The number of methoxy groups -OCH3 is 1. The molecule has 8 heteroatoms. The number of amides is 1. The molecule has 0 radical (unpaired) electrons. The minimum atomic E-state index is -0.553. The molecule has 1 saturated heterocycles. The number of likely N-dealkylation sites (tertiary alicyclic amines) is 1. The van der Waals surface area contributed by atoms with Crippen LogP contribution in [0.2, 0.25) is 0 Å². The van der Waals surface area contributed by atoms with E-state index < -0.39 is 4.92 Å². The van der Waals surface area contributed by atoms with Gasteiger partial charge in [-0.25, -0.2) is 0 Å². The van der Waals surface area contributed by atoms with E-state index in [1.165, 1.54) is 30.2 Å². The molecule has 1 aliphatic heterocycles. The van der Waals surface area contributed by atoms with Gasteiger partial charge in [0, 0.05) is 35.3 Å². The number of nitro groups is 1. The zero-order valence-electron chi connectivity index (χ0n) is 11.2. The van der Waals surface area contributed by atoms with Crippen molar-refractivity contribution in [3.05, 3.63) is 38.3 Å². The van der Waals surface area contributed by atoms with Crippen LogP contribution in [0.15, 0.2) is 22.7 Å². The van der Waals surface area contributed by atoms with Gasteiger partial charge in [0.2, 0.25) is 0 Å². The molecule has 1 heterocycles. The van der Waals surface area contributed by atoms with Gasteiger partial charge in [-0.15, -0.1) is 0 Å². The van der Waals surface area contributed by atoms with E-state index in [1.54, 1.807) is 0 Å². The van der Waals surface area contributed by atoms with Crippen molar-refractivity contribution < 1.29 is 19.2 Å². The van der Waals surface area contributed by atoms with E-state index in [2.05, 4.69) is 20.7 Å². The molecule has 1 unspecified atom stereocenters. The van der Waals surface area contributed by atoms with Gasteiger partial charge < -0.3 is 9.64 Å². The van der Waals surface area contributed by atoms with E-state index in [1.807, 2.05) is 0 Å². The third-order valence-electron chi connectivity index (χ3n) is 3.35. The molecule has 7 nitrogen and oxygen atoms in total. The number of ether oxygens (including phenoxy) is 1. The van der Waals surface area contributed by atoms with Crippen LogP contribution in [0.25, 0.3) is 0 Å². The van der Waals surface area contributed by atoms with E-state index in [-0.39, 0.29) is 35.6 Å². The molecule has 1 aromatic carbocycles. The van der Waals surface area contributed by atoms with Crippen molar-refractivity contribution in [2.24, 2.45) is 5.92 Å². The highest BCUT2D eigenvalue weighted by Gasteiger charge is 2.32. The predicted molar refractivity (Wildman–Crippen MR) is 76.8 cm³/mol. The zero-order chi connectivity index (χ0) is 15.6. The maximum absolute atomic E-state index is 12.4. The Morgan fingerprint density at radius 2 is 2.14 bits per heavy atom. The second-order valence-electron chi connectivity index (χ2n) is 4.72. The number of carbonyl (C=O) groups excluding carboxylic acids is 2. The van der Waals surface area contributed by atoms with Crippen LogP contribution in [-0.4, -0.2) is 41.9 Å². The maximum Gasteiger partial charge on any atom is 0.310 e. The van der Waals surface area contributed by atoms with Gasteiger partial charge in [-0.3, -0.25) is 19.7 Å². The number of hydrogen-bond acceptors (Lipinski definition) is 5. The third kappa shape index (κ3) is 3.38. The number of halogens is 1. The van der Waals surface area contributed by atoms with E-state index in [9.17, 15) is 19.7 Å². The number of carbonyl (C=O) groups is 2. The average molecular weight is 357 g/mol. The van der Waals surface area contributed by atoms with E-state index >= 15 is 0 Å². The van der Waals surface area contributed by atoms with Gasteiger partial charge in [0.25, 0.3) is 11.6 Å². The van der Waals surface area contributed by atoms with Crippen molar-refractivity contribution in [3.8, 4) is 0 Å². The minimum Gasteiger partial charge on any atom is -0.469 e. The summed E-state index contributed by atoms with van der Waals surface area (Å²) in [6.45, 7) is 0.699. The van der Waals surface area contributed by atoms with Crippen LogP contribution >= 0.6 is 15.9 Å². The molecule has 1 aliphatic rings. The lowest BCUT2D eigenvalue weighted by atomic mass is 10.1. The van der Waals surface area contributed by atoms with Crippen molar-refractivity contribution in [1.82, 2.24) is 4.90 Å². The number of non-ortho nitro benzene ring substituents is 1. The summed E-state index contributed by atoms with van der Waals surface area (Å²) in [6, 6.07) is 4.09. The van der Waals surface area contributed by atoms with Crippen LogP contribution in [0.5, 0.6) is 0 Å². The molecular formula is C13H13BrN2O5. The van der Waals surface area contributed by atoms with Crippen LogP contribution in [0.4, 0.5) is 5.69 Å². The lowest BCUT2D eigenvalue weighted by Gasteiger charge is -2.16. The molecule has 0 N–H and O–H groups in total. The first-order valence-corrected chi connectivity index (χ1v) is 7.03. The molecule has 2 rings (SSSR count). The van der Waals surface area contributed by atoms with Crippen LogP contribution < -0.4 is 0 Å². The Kier molecular flexibility index (Phi) is 4.56. The number of rotatable bonds is 3. The number of benzene rings is 1. The molecule has 1 amide bonds. The van der Waals surface area contributed by atoms with Crippen molar-refractivity contribution in [2.45, 2.75) is 6.42 Å². The van der Waals surface area contributed by atoms with Crippen LogP contribution in [0, 0.1) is 16.0 Å². The standard InChI is InChI=1S/C13H13BrN2O5/c1-21-13(18)8-2-3-15(7-8)12(17)9-4-10(14)6-11(5-9)16(19)20/h4-6,8H,2-3,7H2,1H3. The Morgan fingerprint density at radius 3 is 2.76 bits per heavy atom. The SMILES string of the molecule is COC(=O)C1CCN(C(=O)c2cc(Br)cc([N+](=O)[O-])c2)C1. The van der Waals surface area contributed by atoms with Crippen LogP contribution in [0.3, 0.4) is 0 Å². The van der Waals surface area contributed by atoms with Crippen molar-refractivity contribution in [1.29, 1.82) is 0 Å².